The summed E-state index contributed by atoms with van der Waals surface area (Å²) in [6.07, 6.45) is 1.81. The fourth-order valence-corrected chi connectivity index (χ4v) is 3.61. The van der Waals surface area contributed by atoms with Crippen molar-refractivity contribution < 1.29 is 22.4 Å². The number of halogens is 4. The normalized spacial score (nSPS) is 11.4. The van der Waals surface area contributed by atoms with Gasteiger partial charge in [-0.25, -0.2) is 9.37 Å². The zero-order chi connectivity index (χ0) is 24.1. The molecule has 2 aromatic carbocycles. The highest BCUT2D eigenvalue weighted by atomic mass is 19.4. The quantitative estimate of drug-likeness (QED) is 0.345. The molecule has 4 aromatic rings. The second-order valence-corrected chi connectivity index (χ2v) is 7.66. The van der Waals surface area contributed by atoms with Crippen LogP contribution in [0.2, 0.25) is 0 Å². The molecule has 1 amide bonds. The van der Waals surface area contributed by atoms with Gasteiger partial charge in [-0.05, 0) is 47.5 Å². The average molecular weight is 468 g/mol. The van der Waals surface area contributed by atoms with Gasteiger partial charge < -0.3 is 9.47 Å². The van der Waals surface area contributed by atoms with Gasteiger partial charge in [-0.3, -0.25) is 9.78 Å². The molecule has 9 heteroatoms. The fourth-order valence-electron chi connectivity index (χ4n) is 3.61. The van der Waals surface area contributed by atoms with Gasteiger partial charge in [0.2, 0.25) is 0 Å². The van der Waals surface area contributed by atoms with Gasteiger partial charge in [-0.1, -0.05) is 24.3 Å². The van der Waals surface area contributed by atoms with Crippen molar-refractivity contribution >= 4 is 5.91 Å². The molecule has 0 saturated heterocycles. The first-order valence-electron chi connectivity index (χ1n) is 10.4. The predicted octanol–water partition coefficient (Wildman–Crippen LogP) is 5.33. The number of hydrogen-bond acceptors (Lipinski definition) is 3. The van der Waals surface area contributed by atoms with Gasteiger partial charge >= 0.3 is 6.18 Å². The van der Waals surface area contributed by atoms with Crippen molar-refractivity contribution in [2.75, 3.05) is 0 Å². The summed E-state index contributed by atoms with van der Waals surface area (Å²) in [4.78, 5) is 23.1. The Balaban J connectivity index is 1.62. The maximum Gasteiger partial charge on any atom is 0.416 e. The molecule has 4 rings (SSSR count). The van der Waals surface area contributed by atoms with Crippen LogP contribution >= 0.6 is 0 Å². The van der Waals surface area contributed by atoms with E-state index >= 15 is 0 Å². The molecule has 0 spiro atoms. The van der Waals surface area contributed by atoms with Gasteiger partial charge in [0.05, 0.1) is 12.1 Å². The van der Waals surface area contributed by atoms with Crippen LogP contribution in [0, 0.1) is 5.82 Å². The Morgan fingerprint density at radius 3 is 2.41 bits per heavy atom. The maximum atomic E-state index is 13.4. The third-order valence-electron chi connectivity index (χ3n) is 5.27. The van der Waals surface area contributed by atoms with E-state index in [1.165, 1.54) is 47.5 Å². The lowest BCUT2D eigenvalue weighted by Crippen LogP contribution is -2.31. The lowest BCUT2D eigenvalue weighted by Gasteiger charge is -2.23. The number of pyridine rings is 1. The molecule has 0 bridgehead atoms. The molecule has 0 aliphatic carbocycles. The number of hydrogen-bond donors (Lipinski definition) is 0. The van der Waals surface area contributed by atoms with Crippen LogP contribution in [-0.4, -0.2) is 25.3 Å². The minimum Gasteiger partial charge on any atom is -0.329 e. The Bertz CT molecular complexity index is 1250. The summed E-state index contributed by atoms with van der Waals surface area (Å²) in [5.74, 6) is -0.417. The summed E-state index contributed by atoms with van der Waals surface area (Å²) in [6.45, 7) is 0.166. The SMILES string of the molecule is O=C(c1ccc(F)cc1)N(Cc1cccnc1)Cc1nccn1Cc1ccccc1C(F)(F)F. The number of benzene rings is 2. The summed E-state index contributed by atoms with van der Waals surface area (Å²) < 4.78 is 55.3. The Hall–Kier alpha value is -4.01. The maximum absolute atomic E-state index is 13.4. The first-order chi connectivity index (χ1) is 16.3. The standard InChI is InChI=1S/C25H20F4N4O/c26-21-9-7-19(8-10-21)24(34)33(15-18-4-3-11-30-14-18)17-23-31-12-13-32(23)16-20-5-1-2-6-22(20)25(27,28)29/h1-14H,15-17H2. The highest BCUT2D eigenvalue weighted by Gasteiger charge is 2.33. The number of amides is 1. The summed E-state index contributed by atoms with van der Waals surface area (Å²) in [6, 6.07) is 14.1. The molecule has 0 aliphatic rings. The van der Waals surface area contributed by atoms with Gasteiger partial charge in [-0.15, -0.1) is 0 Å². The van der Waals surface area contributed by atoms with Crippen LogP contribution in [0.15, 0.2) is 85.5 Å². The first-order valence-corrected chi connectivity index (χ1v) is 10.4. The van der Waals surface area contributed by atoms with E-state index < -0.39 is 17.6 Å². The third-order valence-corrected chi connectivity index (χ3v) is 5.27. The molecule has 5 nitrogen and oxygen atoms in total. The van der Waals surface area contributed by atoms with E-state index in [4.69, 9.17) is 0 Å². The third kappa shape index (κ3) is 5.48. The van der Waals surface area contributed by atoms with Gasteiger partial charge in [0.25, 0.3) is 5.91 Å². The van der Waals surface area contributed by atoms with Crippen LogP contribution in [0.1, 0.15) is 32.9 Å². The number of imidazole rings is 1. The Morgan fingerprint density at radius 2 is 1.71 bits per heavy atom. The molecule has 0 unspecified atom stereocenters. The molecule has 0 fully saturated rings. The van der Waals surface area contributed by atoms with Gasteiger partial charge in [0.1, 0.15) is 11.6 Å². The van der Waals surface area contributed by atoms with Crippen LogP contribution in [0.25, 0.3) is 0 Å². The van der Waals surface area contributed by atoms with E-state index in [9.17, 15) is 22.4 Å². The number of alkyl halides is 3. The number of carbonyl (C=O) groups excluding carboxylic acids is 1. The topological polar surface area (TPSA) is 51.0 Å². The molecule has 0 N–H and O–H groups in total. The molecule has 0 aliphatic heterocycles. The number of aromatic nitrogens is 3. The van der Waals surface area contributed by atoms with Crippen LogP contribution in [0.5, 0.6) is 0 Å². The Morgan fingerprint density at radius 1 is 0.941 bits per heavy atom. The summed E-state index contributed by atoms with van der Waals surface area (Å²) in [7, 11) is 0. The van der Waals surface area contributed by atoms with E-state index in [1.54, 1.807) is 35.3 Å². The van der Waals surface area contributed by atoms with Crippen LogP contribution in [0.4, 0.5) is 17.6 Å². The zero-order valence-electron chi connectivity index (χ0n) is 17.9. The van der Waals surface area contributed by atoms with E-state index in [0.29, 0.717) is 5.82 Å². The van der Waals surface area contributed by atoms with Gasteiger partial charge in [-0.2, -0.15) is 13.2 Å². The molecular weight excluding hydrogens is 448 g/mol. The minimum atomic E-state index is -4.48. The molecular formula is C25H20F4N4O. The smallest absolute Gasteiger partial charge is 0.329 e. The summed E-state index contributed by atoms with van der Waals surface area (Å²) in [5.41, 5.74) is 0.423. The van der Waals surface area contributed by atoms with Crippen LogP contribution in [0.3, 0.4) is 0 Å². The summed E-state index contributed by atoms with van der Waals surface area (Å²) in [5, 5.41) is 0. The van der Waals surface area contributed by atoms with Crippen molar-refractivity contribution in [1.82, 2.24) is 19.4 Å². The van der Waals surface area contributed by atoms with Crippen molar-refractivity contribution in [2.24, 2.45) is 0 Å². The predicted molar refractivity (Wildman–Crippen MR) is 117 cm³/mol. The lowest BCUT2D eigenvalue weighted by atomic mass is 10.1. The van der Waals surface area contributed by atoms with Crippen LogP contribution < -0.4 is 0 Å². The number of nitrogens with zero attached hydrogens (tertiary/aromatic N) is 4. The minimum absolute atomic E-state index is 0.0340. The molecule has 2 heterocycles. The van der Waals surface area contributed by atoms with Gasteiger partial charge in [0.15, 0.2) is 0 Å². The molecule has 0 atom stereocenters. The molecule has 174 valence electrons. The average Bonchev–Trinajstić information content (AvgIpc) is 3.25. The van der Waals surface area contributed by atoms with E-state index in [2.05, 4.69) is 9.97 Å². The summed E-state index contributed by atoms with van der Waals surface area (Å²) >= 11 is 0. The molecule has 0 saturated carbocycles. The lowest BCUT2D eigenvalue weighted by molar-refractivity contribution is -0.138. The Labute approximate surface area is 193 Å². The van der Waals surface area contributed by atoms with E-state index in [0.717, 1.165) is 11.6 Å². The highest BCUT2D eigenvalue weighted by molar-refractivity contribution is 5.94. The zero-order valence-corrected chi connectivity index (χ0v) is 17.9. The van der Waals surface area contributed by atoms with E-state index in [1.807, 2.05) is 6.07 Å². The van der Waals surface area contributed by atoms with Crippen molar-refractivity contribution in [3.8, 4) is 0 Å². The Kier molecular flexibility index (Phi) is 6.72. The molecule has 34 heavy (non-hydrogen) atoms. The highest BCUT2D eigenvalue weighted by Crippen LogP contribution is 2.32. The monoisotopic (exact) mass is 468 g/mol. The van der Waals surface area contributed by atoms with Crippen molar-refractivity contribution in [3.63, 3.8) is 0 Å². The van der Waals surface area contributed by atoms with Crippen LogP contribution in [-0.2, 0) is 25.8 Å². The van der Waals surface area contributed by atoms with Crippen molar-refractivity contribution in [2.45, 2.75) is 25.8 Å². The second kappa shape index (κ2) is 9.86. The van der Waals surface area contributed by atoms with Crippen molar-refractivity contribution in [3.05, 3.63) is 119 Å². The van der Waals surface area contributed by atoms with Gasteiger partial charge in [0, 0.05) is 43.4 Å². The number of rotatable bonds is 7. The van der Waals surface area contributed by atoms with E-state index in [-0.39, 0.29) is 36.7 Å². The fraction of sp³-hybridized carbons (Fsp3) is 0.160. The second-order valence-electron chi connectivity index (χ2n) is 7.66. The molecule has 0 radical (unpaired) electrons. The largest absolute Gasteiger partial charge is 0.416 e. The number of carbonyl (C=O) groups is 1. The first kappa shape index (κ1) is 23.2. The van der Waals surface area contributed by atoms with Crippen molar-refractivity contribution in [1.29, 1.82) is 0 Å². The molecule has 2 aromatic heterocycles.